The summed E-state index contributed by atoms with van der Waals surface area (Å²) in [6.07, 6.45) is 0.554. The Morgan fingerprint density at radius 1 is 1.25 bits per heavy atom. The first-order chi connectivity index (χ1) is 7.65. The lowest BCUT2D eigenvalue weighted by Gasteiger charge is -2.06. The second kappa shape index (κ2) is 4.00. The predicted molar refractivity (Wildman–Crippen MR) is 58.4 cm³/mol. The highest BCUT2D eigenvalue weighted by molar-refractivity contribution is 6.49. The molecule has 0 radical (unpaired) electrons. The molecule has 0 heterocycles. The molecule has 2 rings (SSSR count). The molecule has 0 fully saturated rings. The fraction of sp³-hybridized carbons (Fsp3) is 0.308. The predicted octanol–water partition coefficient (Wildman–Crippen LogP) is 1.90. The van der Waals surface area contributed by atoms with E-state index in [9.17, 15) is 14.4 Å². The van der Waals surface area contributed by atoms with Crippen LogP contribution in [0.15, 0.2) is 24.3 Å². The number of Topliss-reactive ketones (excluding diaryl/α,β-unsaturated/α-hetero) is 3. The molecule has 1 aromatic carbocycles. The largest absolute Gasteiger partial charge is 0.300 e. The smallest absolute Gasteiger partial charge is 0.229 e. The average Bonchev–Trinajstić information content (AvgIpc) is 2.55. The van der Waals surface area contributed by atoms with Gasteiger partial charge in [0.2, 0.25) is 11.6 Å². The Balaban J connectivity index is 2.37. The van der Waals surface area contributed by atoms with E-state index in [0.29, 0.717) is 17.5 Å². The van der Waals surface area contributed by atoms with Gasteiger partial charge in [0.25, 0.3) is 0 Å². The SMILES string of the molecule is CCC(=O)CC1C(=O)C(=O)c2ccccc21. The van der Waals surface area contributed by atoms with Crippen LogP contribution in [0.1, 0.15) is 41.6 Å². The Morgan fingerprint density at radius 2 is 1.94 bits per heavy atom. The van der Waals surface area contributed by atoms with Crippen molar-refractivity contribution in [2.45, 2.75) is 25.7 Å². The summed E-state index contributed by atoms with van der Waals surface area (Å²) in [5.41, 5.74) is 1.17. The van der Waals surface area contributed by atoms with Crippen LogP contribution in [0, 0.1) is 0 Å². The number of fused-ring (bicyclic) bond motifs is 1. The molecule has 1 unspecified atom stereocenters. The molecule has 1 aliphatic rings. The van der Waals surface area contributed by atoms with Crippen LogP contribution in [-0.2, 0) is 9.59 Å². The highest BCUT2D eigenvalue weighted by atomic mass is 16.2. The van der Waals surface area contributed by atoms with E-state index < -0.39 is 17.5 Å². The first-order valence-electron chi connectivity index (χ1n) is 5.34. The van der Waals surface area contributed by atoms with Gasteiger partial charge in [0.15, 0.2) is 0 Å². The molecule has 16 heavy (non-hydrogen) atoms. The van der Waals surface area contributed by atoms with E-state index in [2.05, 4.69) is 0 Å². The van der Waals surface area contributed by atoms with Crippen molar-refractivity contribution < 1.29 is 14.4 Å². The zero-order chi connectivity index (χ0) is 11.7. The van der Waals surface area contributed by atoms with Crippen molar-refractivity contribution in [2.24, 2.45) is 0 Å². The van der Waals surface area contributed by atoms with E-state index in [0.717, 1.165) is 0 Å². The lowest BCUT2D eigenvalue weighted by molar-refractivity contribution is -0.123. The van der Waals surface area contributed by atoms with E-state index >= 15 is 0 Å². The molecule has 0 saturated carbocycles. The molecule has 82 valence electrons. The summed E-state index contributed by atoms with van der Waals surface area (Å²) < 4.78 is 0. The fourth-order valence-electron chi connectivity index (χ4n) is 2.01. The van der Waals surface area contributed by atoms with Gasteiger partial charge in [-0.15, -0.1) is 0 Å². The Morgan fingerprint density at radius 3 is 2.62 bits per heavy atom. The Bertz CT molecular complexity index is 474. The Kier molecular flexibility index (Phi) is 2.69. The molecule has 0 bridgehead atoms. The summed E-state index contributed by atoms with van der Waals surface area (Å²) in [6.45, 7) is 1.76. The first-order valence-corrected chi connectivity index (χ1v) is 5.34. The molecule has 3 nitrogen and oxygen atoms in total. The topological polar surface area (TPSA) is 51.2 Å². The van der Waals surface area contributed by atoms with Crippen LogP contribution >= 0.6 is 0 Å². The number of ketones is 3. The second-order valence-electron chi connectivity index (χ2n) is 3.93. The molecular weight excluding hydrogens is 204 g/mol. The minimum Gasteiger partial charge on any atom is -0.300 e. The van der Waals surface area contributed by atoms with Crippen LogP contribution in [0.4, 0.5) is 0 Å². The van der Waals surface area contributed by atoms with Crippen molar-refractivity contribution in [1.82, 2.24) is 0 Å². The first kappa shape index (κ1) is 10.7. The van der Waals surface area contributed by atoms with Crippen LogP contribution < -0.4 is 0 Å². The van der Waals surface area contributed by atoms with Crippen molar-refractivity contribution in [1.29, 1.82) is 0 Å². The van der Waals surface area contributed by atoms with Crippen molar-refractivity contribution in [3.8, 4) is 0 Å². The highest BCUT2D eigenvalue weighted by Crippen LogP contribution is 2.32. The van der Waals surface area contributed by atoms with E-state index in [1.165, 1.54) is 0 Å². The molecule has 1 aromatic rings. The summed E-state index contributed by atoms with van der Waals surface area (Å²) >= 11 is 0. The molecule has 0 amide bonds. The zero-order valence-corrected chi connectivity index (χ0v) is 9.03. The van der Waals surface area contributed by atoms with Gasteiger partial charge in [-0.1, -0.05) is 31.2 Å². The maximum atomic E-state index is 11.7. The van der Waals surface area contributed by atoms with Crippen molar-refractivity contribution >= 4 is 17.3 Å². The van der Waals surface area contributed by atoms with E-state index in [-0.39, 0.29) is 12.2 Å². The Hall–Kier alpha value is -1.77. The number of benzene rings is 1. The molecule has 0 aliphatic heterocycles. The van der Waals surface area contributed by atoms with Gasteiger partial charge in [-0.3, -0.25) is 14.4 Å². The van der Waals surface area contributed by atoms with Gasteiger partial charge < -0.3 is 0 Å². The van der Waals surface area contributed by atoms with Crippen molar-refractivity contribution in [2.75, 3.05) is 0 Å². The molecule has 0 aromatic heterocycles. The average molecular weight is 216 g/mol. The van der Waals surface area contributed by atoms with E-state index in [1.54, 1.807) is 31.2 Å². The number of rotatable bonds is 3. The van der Waals surface area contributed by atoms with Gasteiger partial charge in [-0.2, -0.15) is 0 Å². The molecule has 0 saturated heterocycles. The lowest BCUT2D eigenvalue weighted by Crippen LogP contribution is -2.15. The fourth-order valence-corrected chi connectivity index (χ4v) is 2.01. The molecule has 3 heteroatoms. The maximum Gasteiger partial charge on any atom is 0.229 e. The van der Waals surface area contributed by atoms with Crippen LogP contribution in [0.3, 0.4) is 0 Å². The number of hydrogen-bond donors (Lipinski definition) is 0. The molecule has 1 atom stereocenters. The Labute approximate surface area is 93.5 Å². The number of carbonyl (C=O) groups excluding carboxylic acids is 3. The maximum absolute atomic E-state index is 11.7. The summed E-state index contributed by atoms with van der Waals surface area (Å²) in [6, 6.07) is 6.92. The summed E-state index contributed by atoms with van der Waals surface area (Å²) in [4.78, 5) is 34.7. The van der Waals surface area contributed by atoms with E-state index in [1.807, 2.05) is 0 Å². The van der Waals surface area contributed by atoms with Crippen molar-refractivity contribution in [3.05, 3.63) is 35.4 Å². The van der Waals surface area contributed by atoms with Crippen LogP contribution in [0.25, 0.3) is 0 Å². The van der Waals surface area contributed by atoms with Crippen LogP contribution in [0.5, 0.6) is 0 Å². The molecular formula is C13H12O3. The van der Waals surface area contributed by atoms with E-state index in [4.69, 9.17) is 0 Å². The van der Waals surface area contributed by atoms with Gasteiger partial charge in [0.05, 0.1) is 5.92 Å². The standard InChI is InChI=1S/C13H12O3/c1-2-8(14)7-11-9-5-3-4-6-10(9)12(15)13(11)16/h3-6,11H,2,7H2,1H3. The molecule has 1 aliphatic carbocycles. The molecule has 0 N–H and O–H groups in total. The number of hydrogen-bond acceptors (Lipinski definition) is 3. The van der Waals surface area contributed by atoms with Gasteiger partial charge in [0.1, 0.15) is 5.78 Å². The second-order valence-corrected chi connectivity index (χ2v) is 3.93. The minimum atomic E-state index is -0.545. The molecule has 0 spiro atoms. The minimum absolute atomic E-state index is 0.0165. The van der Waals surface area contributed by atoms with Crippen LogP contribution in [0.2, 0.25) is 0 Å². The monoisotopic (exact) mass is 216 g/mol. The quantitative estimate of drug-likeness (QED) is 0.725. The van der Waals surface area contributed by atoms with Gasteiger partial charge >= 0.3 is 0 Å². The third-order valence-corrected chi connectivity index (χ3v) is 2.95. The summed E-state index contributed by atoms with van der Waals surface area (Å²) in [5.74, 6) is -1.42. The summed E-state index contributed by atoms with van der Waals surface area (Å²) in [7, 11) is 0. The third-order valence-electron chi connectivity index (χ3n) is 2.95. The third kappa shape index (κ3) is 1.58. The van der Waals surface area contributed by atoms with Gasteiger partial charge in [-0.05, 0) is 5.56 Å². The normalized spacial score (nSPS) is 18.7. The zero-order valence-electron chi connectivity index (χ0n) is 9.03. The number of carbonyl (C=O) groups is 3. The lowest BCUT2D eigenvalue weighted by atomic mass is 9.94. The van der Waals surface area contributed by atoms with Crippen molar-refractivity contribution in [3.63, 3.8) is 0 Å². The van der Waals surface area contributed by atoms with Gasteiger partial charge in [0, 0.05) is 18.4 Å². The highest BCUT2D eigenvalue weighted by Gasteiger charge is 2.38. The van der Waals surface area contributed by atoms with Gasteiger partial charge in [-0.25, -0.2) is 0 Å². The van der Waals surface area contributed by atoms with Crippen LogP contribution in [-0.4, -0.2) is 17.3 Å². The summed E-state index contributed by atoms with van der Waals surface area (Å²) in [5, 5.41) is 0.